The summed E-state index contributed by atoms with van der Waals surface area (Å²) in [6.07, 6.45) is 1.65. The molecule has 0 radical (unpaired) electrons. The molecule has 0 bridgehead atoms. The second-order valence-corrected chi connectivity index (χ2v) is 5.73. The fourth-order valence-electron chi connectivity index (χ4n) is 2.51. The molecule has 118 valence electrons. The summed E-state index contributed by atoms with van der Waals surface area (Å²) in [5.74, 6) is 1.95. The summed E-state index contributed by atoms with van der Waals surface area (Å²) >= 11 is 0. The van der Waals surface area contributed by atoms with Gasteiger partial charge in [0.1, 0.15) is 13.2 Å². The lowest BCUT2D eigenvalue weighted by atomic mass is 10.00. The van der Waals surface area contributed by atoms with Gasteiger partial charge in [0.05, 0.1) is 6.10 Å². The van der Waals surface area contributed by atoms with Gasteiger partial charge in [-0.1, -0.05) is 33.3 Å². The Balaban J connectivity index is 2.00. The average Bonchev–Trinajstić information content (AvgIpc) is 2.54. The molecule has 3 atom stereocenters. The van der Waals surface area contributed by atoms with E-state index < -0.39 is 0 Å². The topological polar surface area (TPSA) is 50.7 Å². The maximum atomic E-state index is 10.1. The highest BCUT2D eigenvalue weighted by molar-refractivity contribution is 5.44. The van der Waals surface area contributed by atoms with Crippen molar-refractivity contribution in [1.29, 1.82) is 0 Å². The number of ether oxygens (including phenoxy) is 2. The molecule has 0 fully saturated rings. The highest BCUT2D eigenvalue weighted by Gasteiger charge is 2.18. The van der Waals surface area contributed by atoms with Crippen LogP contribution in [0.3, 0.4) is 0 Å². The number of aliphatic hydroxyl groups is 1. The summed E-state index contributed by atoms with van der Waals surface area (Å²) in [7, 11) is 0. The summed E-state index contributed by atoms with van der Waals surface area (Å²) in [5.41, 5.74) is 1.18. The average molecular weight is 293 g/mol. The Morgan fingerprint density at radius 2 is 1.86 bits per heavy atom. The third-order valence-corrected chi connectivity index (χ3v) is 4.25. The smallest absolute Gasteiger partial charge is 0.161 e. The Hall–Kier alpha value is -1.26. The van der Waals surface area contributed by atoms with E-state index in [9.17, 15) is 5.11 Å². The van der Waals surface area contributed by atoms with Crippen LogP contribution in [0.4, 0.5) is 0 Å². The first-order valence-corrected chi connectivity index (χ1v) is 7.96. The number of nitrogens with one attached hydrogen (secondary N) is 1. The molecule has 0 saturated heterocycles. The predicted octanol–water partition coefficient (Wildman–Crippen LogP) is 2.91. The van der Waals surface area contributed by atoms with Crippen LogP contribution in [0.2, 0.25) is 0 Å². The quantitative estimate of drug-likeness (QED) is 0.811. The van der Waals surface area contributed by atoms with Crippen LogP contribution in [0.1, 0.15) is 45.2 Å². The van der Waals surface area contributed by atoms with Crippen LogP contribution in [-0.2, 0) is 0 Å². The van der Waals surface area contributed by atoms with Crippen molar-refractivity contribution in [3.8, 4) is 11.5 Å². The van der Waals surface area contributed by atoms with Gasteiger partial charge >= 0.3 is 0 Å². The summed E-state index contributed by atoms with van der Waals surface area (Å²) in [5, 5.41) is 13.6. The van der Waals surface area contributed by atoms with E-state index in [4.69, 9.17) is 9.47 Å². The van der Waals surface area contributed by atoms with Gasteiger partial charge in [0, 0.05) is 12.6 Å². The van der Waals surface area contributed by atoms with Crippen LogP contribution in [0, 0.1) is 5.92 Å². The molecule has 3 unspecified atom stereocenters. The zero-order chi connectivity index (χ0) is 15.2. The van der Waals surface area contributed by atoms with Crippen LogP contribution >= 0.6 is 0 Å². The van der Waals surface area contributed by atoms with Crippen LogP contribution in [0.25, 0.3) is 0 Å². The molecule has 0 saturated carbocycles. The molecule has 4 heteroatoms. The molecule has 1 aliphatic heterocycles. The van der Waals surface area contributed by atoms with Crippen molar-refractivity contribution in [3.05, 3.63) is 23.8 Å². The molecule has 2 rings (SSSR count). The van der Waals surface area contributed by atoms with E-state index in [1.165, 1.54) is 5.56 Å². The summed E-state index contributed by atoms with van der Waals surface area (Å²) in [4.78, 5) is 0. The zero-order valence-electron chi connectivity index (χ0n) is 13.3. The first kappa shape index (κ1) is 16.1. The van der Waals surface area contributed by atoms with Crippen LogP contribution in [-0.4, -0.2) is 31.0 Å². The van der Waals surface area contributed by atoms with E-state index in [2.05, 4.69) is 32.2 Å². The first-order valence-electron chi connectivity index (χ1n) is 7.96. The monoisotopic (exact) mass is 293 g/mol. The van der Waals surface area contributed by atoms with Crippen molar-refractivity contribution in [2.45, 2.75) is 45.8 Å². The van der Waals surface area contributed by atoms with Gasteiger partial charge in [-0.2, -0.15) is 0 Å². The molecular weight excluding hydrogens is 266 g/mol. The Labute approximate surface area is 127 Å². The molecule has 0 amide bonds. The Morgan fingerprint density at radius 3 is 2.52 bits per heavy atom. The molecule has 2 N–H and O–H groups in total. The normalized spacial score (nSPS) is 18.1. The van der Waals surface area contributed by atoms with Crippen molar-refractivity contribution >= 4 is 0 Å². The Kier molecular flexibility index (Phi) is 5.88. The SMILES string of the molecule is CCC(NCC(O)C(C)CC)c1ccc2c(c1)OCCO2. The molecule has 0 aliphatic carbocycles. The predicted molar refractivity (Wildman–Crippen MR) is 83.9 cm³/mol. The van der Waals surface area contributed by atoms with Crippen LogP contribution in [0.15, 0.2) is 18.2 Å². The fraction of sp³-hybridized carbons (Fsp3) is 0.647. The lowest BCUT2D eigenvalue weighted by Gasteiger charge is -2.24. The fourth-order valence-corrected chi connectivity index (χ4v) is 2.51. The van der Waals surface area contributed by atoms with Gasteiger partial charge in [-0.15, -0.1) is 0 Å². The lowest BCUT2D eigenvalue weighted by molar-refractivity contribution is 0.109. The summed E-state index contributed by atoms with van der Waals surface area (Å²) in [6.45, 7) is 8.16. The van der Waals surface area contributed by atoms with Gasteiger partial charge in [0.25, 0.3) is 0 Å². The van der Waals surface area contributed by atoms with E-state index in [0.29, 0.717) is 25.7 Å². The van der Waals surface area contributed by atoms with Gasteiger partial charge in [0.2, 0.25) is 0 Å². The number of rotatable bonds is 7. The number of hydrogen-bond donors (Lipinski definition) is 2. The zero-order valence-corrected chi connectivity index (χ0v) is 13.3. The van der Waals surface area contributed by atoms with E-state index >= 15 is 0 Å². The van der Waals surface area contributed by atoms with Gasteiger partial charge < -0.3 is 19.9 Å². The van der Waals surface area contributed by atoms with Crippen molar-refractivity contribution < 1.29 is 14.6 Å². The van der Waals surface area contributed by atoms with Crippen molar-refractivity contribution in [3.63, 3.8) is 0 Å². The van der Waals surface area contributed by atoms with Gasteiger partial charge in [0.15, 0.2) is 11.5 Å². The van der Waals surface area contributed by atoms with Crippen molar-refractivity contribution in [2.75, 3.05) is 19.8 Å². The van der Waals surface area contributed by atoms with Crippen molar-refractivity contribution in [1.82, 2.24) is 5.32 Å². The van der Waals surface area contributed by atoms with Gasteiger partial charge in [-0.25, -0.2) is 0 Å². The number of hydrogen-bond acceptors (Lipinski definition) is 4. The van der Waals surface area contributed by atoms with E-state index in [1.807, 2.05) is 12.1 Å². The minimum atomic E-state index is -0.304. The van der Waals surface area contributed by atoms with E-state index in [0.717, 1.165) is 24.3 Å². The molecule has 1 aromatic carbocycles. The van der Waals surface area contributed by atoms with E-state index in [1.54, 1.807) is 0 Å². The van der Waals surface area contributed by atoms with Crippen LogP contribution in [0.5, 0.6) is 11.5 Å². The highest BCUT2D eigenvalue weighted by atomic mass is 16.6. The summed E-state index contributed by atoms with van der Waals surface area (Å²) in [6, 6.07) is 6.31. The summed E-state index contributed by atoms with van der Waals surface area (Å²) < 4.78 is 11.2. The van der Waals surface area contributed by atoms with E-state index in [-0.39, 0.29) is 12.1 Å². The van der Waals surface area contributed by atoms with Crippen molar-refractivity contribution in [2.24, 2.45) is 5.92 Å². The highest BCUT2D eigenvalue weighted by Crippen LogP contribution is 2.33. The molecule has 0 spiro atoms. The number of fused-ring (bicyclic) bond motifs is 1. The minimum absolute atomic E-state index is 0.222. The molecule has 0 aromatic heterocycles. The van der Waals surface area contributed by atoms with Gasteiger partial charge in [-0.05, 0) is 30.0 Å². The number of aliphatic hydroxyl groups excluding tert-OH is 1. The maximum Gasteiger partial charge on any atom is 0.161 e. The molecule has 4 nitrogen and oxygen atoms in total. The second-order valence-electron chi connectivity index (χ2n) is 5.73. The first-order chi connectivity index (χ1) is 10.2. The maximum absolute atomic E-state index is 10.1. The lowest BCUT2D eigenvalue weighted by Crippen LogP contribution is -2.33. The third-order valence-electron chi connectivity index (χ3n) is 4.25. The van der Waals surface area contributed by atoms with Crippen LogP contribution < -0.4 is 14.8 Å². The number of benzene rings is 1. The molecule has 1 heterocycles. The minimum Gasteiger partial charge on any atom is -0.486 e. The molecule has 1 aromatic rings. The van der Waals surface area contributed by atoms with Gasteiger partial charge in [-0.3, -0.25) is 0 Å². The molecule has 1 aliphatic rings. The standard InChI is InChI=1S/C17H27NO3/c1-4-12(3)15(19)11-18-14(5-2)13-6-7-16-17(10-13)21-9-8-20-16/h6-7,10,12,14-15,18-19H,4-5,8-9,11H2,1-3H3. The largest absolute Gasteiger partial charge is 0.486 e. The Bertz CT molecular complexity index is 450. The third kappa shape index (κ3) is 4.11. The Morgan fingerprint density at radius 1 is 1.14 bits per heavy atom. The molecule has 21 heavy (non-hydrogen) atoms. The molecular formula is C17H27NO3. The second kappa shape index (κ2) is 7.66.